The maximum atomic E-state index is 4.64. The minimum absolute atomic E-state index is 0.118. The topological polar surface area (TPSA) is 29.9 Å². The van der Waals surface area contributed by atoms with E-state index in [-0.39, 0.29) is 5.41 Å². The molecule has 1 aromatic heterocycles. The van der Waals surface area contributed by atoms with Gasteiger partial charge in [0.1, 0.15) is 0 Å². The number of aromatic nitrogens is 2. The Morgan fingerprint density at radius 3 is 2.79 bits per heavy atom. The molecule has 2 atom stereocenters. The Kier molecular flexibility index (Phi) is 4.62. The van der Waals surface area contributed by atoms with E-state index in [0.717, 1.165) is 11.8 Å². The van der Waals surface area contributed by atoms with E-state index < -0.39 is 0 Å². The summed E-state index contributed by atoms with van der Waals surface area (Å²) in [7, 11) is 2.01. The molecule has 1 aliphatic rings. The fourth-order valence-electron chi connectivity index (χ4n) is 2.98. The van der Waals surface area contributed by atoms with Crippen LogP contribution in [0.5, 0.6) is 0 Å². The van der Waals surface area contributed by atoms with Gasteiger partial charge in [0.25, 0.3) is 0 Å². The Hall–Kier alpha value is -0.480. The standard InChI is InChI=1S/C15H27N3S/c1-15(2,3)14-11(10-18(4)17-14)9-16-12-7-6-8-13(12)19-5/h10,12-13,16H,6-9H2,1-5H3. The third-order valence-corrected chi connectivity index (χ3v) is 5.09. The summed E-state index contributed by atoms with van der Waals surface area (Å²) < 4.78 is 1.94. The Bertz CT molecular complexity index is 420. The minimum atomic E-state index is 0.118. The number of thioether (sulfide) groups is 1. The molecule has 0 saturated heterocycles. The van der Waals surface area contributed by atoms with Crippen LogP contribution in [-0.4, -0.2) is 27.3 Å². The van der Waals surface area contributed by atoms with Gasteiger partial charge in [0.05, 0.1) is 5.69 Å². The molecule has 2 rings (SSSR count). The molecule has 0 aliphatic heterocycles. The zero-order valence-corrected chi connectivity index (χ0v) is 13.7. The van der Waals surface area contributed by atoms with Crippen LogP contribution in [0, 0.1) is 0 Å². The summed E-state index contributed by atoms with van der Waals surface area (Å²) in [6.45, 7) is 7.65. The quantitative estimate of drug-likeness (QED) is 0.920. The molecular weight excluding hydrogens is 254 g/mol. The maximum absolute atomic E-state index is 4.64. The smallest absolute Gasteiger partial charge is 0.0722 e. The second-order valence-corrected chi connectivity index (χ2v) is 7.70. The van der Waals surface area contributed by atoms with Crippen molar-refractivity contribution in [2.45, 2.75) is 63.3 Å². The molecule has 1 saturated carbocycles. The highest BCUT2D eigenvalue weighted by atomic mass is 32.2. The van der Waals surface area contributed by atoms with Gasteiger partial charge >= 0.3 is 0 Å². The molecule has 0 aromatic carbocycles. The van der Waals surface area contributed by atoms with Crippen molar-refractivity contribution in [3.63, 3.8) is 0 Å². The molecule has 1 heterocycles. The largest absolute Gasteiger partial charge is 0.309 e. The Balaban J connectivity index is 2.03. The van der Waals surface area contributed by atoms with Crippen LogP contribution in [0.4, 0.5) is 0 Å². The average molecular weight is 281 g/mol. The van der Waals surface area contributed by atoms with Crippen LogP contribution >= 0.6 is 11.8 Å². The van der Waals surface area contributed by atoms with Crippen LogP contribution in [0.3, 0.4) is 0 Å². The molecule has 0 spiro atoms. The van der Waals surface area contributed by atoms with Gasteiger partial charge in [-0.05, 0) is 19.1 Å². The van der Waals surface area contributed by atoms with Crippen LogP contribution in [0.25, 0.3) is 0 Å². The van der Waals surface area contributed by atoms with Gasteiger partial charge in [-0.2, -0.15) is 16.9 Å². The lowest BCUT2D eigenvalue weighted by molar-refractivity contribution is 0.514. The predicted octanol–water partition coefficient (Wildman–Crippen LogP) is 3.09. The van der Waals surface area contributed by atoms with Crippen LogP contribution in [0.15, 0.2) is 6.20 Å². The van der Waals surface area contributed by atoms with E-state index in [2.05, 4.69) is 43.6 Å². The van der Waals surface area contributed by atoms with Crippen molar-refractivity contribution < 1.29 is 0 Å². The predicted molar refractivity (Wildman–Crippen MR) is 83.7 cm³/mol. The summed E-state index contributed by atoms with van der Waals surface area (Å²) in [5, 5.41) is 9.18. The van der Waals surface area contributed by atoms with Gasteiger partial charge in [-0.3, -0.25) is 4.68 Å². The van der Waals surface area contributed by atoms with Crippen molar-refractivity contribution in [2.24, 2.45) is 7.05 Å². The first-order valence-corrected chi connectivity index (χ1v) is 8.50. The van der Waals surface area contributed by atoms with Gasteiger partial charge in [0.2, 0.25) is 0 Å². The molecule has 108 valence electrons. The zero-order chi connectivity index (χ0) is 14.0. The summed E-state index contributed by atoms with van der Waals surface area (Å²) in [6, 6.07) is 0.669. The monoisotopic (exact) mass is 281 g/mol. The molecule has 0 amide bonds. The fraction of sp³-hybridized carbons (Fsp3) is 0.800. The molecule has 3 nitrogen and oxygen atoms in total. The number of aryl methyl sites for hydroxylation is 1. The van der Waals surface area contributed by atoms with E-state index in [9.17, 15) is 0 Å². The Labute approximate surface area is 121 Å². The van der Waals surface area contributed by atoms with Gasteiger partial charge in [-0.15, -0.1) is 0 Å². The molecule has 19 heavy (non-hydrogen) atoms. The summed E-state index contributed by atoms with van der Waals surface area (Å²) in [4.78, 5) is 0. The fourth-order valence-corrected chi connectivity index (χ4v) is 3.94. The summed E-state index contributed by atoms with van der Waals surface area (Å²) in [6.07, 6.45) is 8.43. The summed E-state index contributed by atoms with van der Waals surface area (Å²) >= 11 is 2.01. The van der Waals surface area contributed by atoms with Gasteiger partial charge in [-0.25, -0.2) is 0 Å². The van der Waals surface area contributed by atoms with E-state index in [1.807, 2.05) is 23.5 Å². The van der Waals surface area contributed by atoms with E-state index in [4.69, 9.17) is 0 Å². The normalized spacial score (nSPS) is 24.1. The number of nitrogens with zero attached hydrogens (tertiary/aromatic N) is 2. The molecule has 4 heteroatoms. The lowest BCUT2D eigenvalue weighted by Gasteiger charge is -2.21. The van der Waals surface area contributed by atoms with E-state index in [0.29, 0.717) is 6.04 Å². The molecule has 2 unspecified atom stereocenters. The van der Waals surface area contributed by atoms with Crippen molar-refractivity contribution >= 4 is 11.8 Å². The second kappa shape index (κ2) is 5.88. The molecule has 0 radical (unpaired) electrons. The van der Waals surface area contributed by atoms with Crippen molar-refractivity contribution in [3.8, 4) is 0 Å². The molecule has 0 bridgehead atoms. The first kappa shape index (κ1) is 14.9. The molecular formula is C15H27N3S. The SMILES string of the molecule is CSC1CCCC1NCc1cn(C)nc1C(C)(C)C. The van der Waals surface area contributed by atoms with E-state index in [1.54, 1.807) is 0 Å². The van der Waals surface area contributed by atoms with Gasteiger partial charge in [0, 0.05) is 42.1 Å². The minimum Gasteiger partial charge on any atom is -0.309 e. The molecule has 1 aliphatic carbocycles. The van der Waals surface area contributed by atoms with Crippen LogP contribution in [0.1, 0.15) is 51.3 Å². The average Bonchev–Trinajstić information content (AvgIpc) is 2.91. The number of nitrogens with one attached hydrogen (secondary N) is 1. The molecule has 1 fully saturated rings. The number of hydrogen-bond acceptors (Lipinski definition) is 3. The zero-order valence-electron chi connectivity index (χ0n) is 12.9. The highest BCUT2D eigenvalue weighted by Gasteiger charge is 2.27. The van der Waals surface area contributed by atoms with Gasteiger partial charge in [-0.1, -0.05) is 27.2 Å². The summed E-state index contributed by atoms with van der Waals surface area (Å²) in [5.41, 5.74) is 2.69. The van der Waals surface area contributed by atoms with Crippen molar-refractivity contribution in [1.82, 2.24) is 15.1 Å². The lowest BCUT2D eigenvalue weighted by Crippen LogP contribution is -2.34. The highest BCUT2D eigenvalue weighted by molar-refractivity contribution is 7.99. The highest BCUT2D eigenvalue weighted by Crippen LogP contribution is 2.29. The number of rotatable bonds is 4. The first-order chi connectivity index (χ1) is 8.91. The van der Waals surface area contributed by atoms with E-state index >= 15 is 0 Å². The van der Waals surface area contributed by atoms with Crippen molar-refractivity contribution in [3.05, 3.63) is 17.5 Å². The van der Waals surface area contributed by atoms with Crippen molar-refractivity contribution in [2.75, 3.05) is 6.26 Å². The maximum Gasteiger partial charge on any atom is 0.0722 e. The molecule has 1 aromatic rings. The molecule has 1 N–H and O–H groups in total. The Morgan fingerprint density at radius 1 is 1.42 bits per heavy atom. The van der Waals surface area contributed by atoms with Gasteiger partial charge in [0.15, 0.2) is 0 Å². The van der Waals surface area contributed by atoms with Crippen LogP contribution < -0.4 is 5.32 Å². The Morgan fingerprint density at radius 2 is 2.16 bits per heavy atom. The van der Waals surface area contributed by atoms with Crippen LogP contribution in [0.2, 0.25) is 0 Å². The first-order valence-electron chi connectivity index (χ1n) is 7.21. The lowest BCUT2D eigenvalue weighted by atomic mass is 9.89. The van der Waals surface area contributed by atoms with Crippen molar-refractivity contribution in [1.29, 1.82) is 0 Å². The third kappa shape index (κ3) is 3.54. The summed E-state index contributed by atoms with van der Waals surface area (Å²) in [5.74, 6) is 0. The number of hydrogen-bond donors (Lipinski definition) is 1. The van der Waals surface area contributed by atoms with Gasteiger partial charge < -0.3 is 5.32 Å². The van der Waals surface area contributed by atoms with Crippen LogP contribution in [-0.2, 0) is 19.0 Å². The van der Waals surface area contributed by atoms with E-state index in [1.165, 1.54) is 30.5 Å². The third-order valence-electron chi connectivity index (χ3n) is 3.92. The second-order valence-electron chi connectivity index (χ2n) is 6.62.